The maximum atomic E-state index is 11.6. The van der Waals surface area contributed by atoms with Gasteiger partial charge in [-0.3, -0.25) is 4.79 Å². The molecule has 3 rings (SSSR count). The first-order chi connectivity index (χ1) is 8.24. The number of rotatable bonds is 1. The van der Waals surface area contributed by atoms with E-state index in [1.54, 1.807) is 6.07 Å². The Morgan fingerprint density at radius 2 is 2.06 bits per heavy atom. The van der Waals surface area contributed by atoms with Crippen molar-refractivity contribution in [1.29, 1.82) is 0 Å². The number of benzene rings is 1. The van der Waals surface area contributed by atoms with E-state index in [9.17, 15) is 4.79 Å². The van der Waals surface area contributed by atoms with Crippen LogP contribution >= 0.6 is 11.6 Å². The second-order valence-corrected chi connectivity index (χ2v) is 4.41. The predicted molar refractivity (Wildman–Crippen MR) is 65.2 cm³/mol. The summed E-state index contributed by atoms with van der Waals surface area (Å²) in [5.74, 6) is 0.686. The molecule has 0 spiro atoms. The van der Waals surface area contributed by atoms with Gasteiger partial charge < -0.3 is 9.73 Å². The smallest absolute Gasteiger partial charge is 0.225 e. The van der Waals surface area contributed by atoms with Crippen molar-refractivity contribution in [2.75, 3.05) is 5.32 Å². The van der Waals surface area contributed by atoms with Crippen LogP contribution in [-0.4, -0.2) is 5.91 Å². The summed E-state index contributed by atoms with van der Waals surface area (Å²) in [6, 6.07) is 11.3. The molecule has 3 nitrogen and oxygen atoms in total. The molecule has 0 saturated heterocycles. The molecule has 2 aromatic rings. The van der Waals surface area contributed by atoms with E-state index in [0.29, 0.717) is 11.6 Å². The van der Waals surface area contributed by atoms with E-state index in [2.05, 4.69) is 5.32 Å². The lowest BCUT2D eigenvalue weighted by molar-refractivity contribution is -0.116. The van der Waals surface area contributed by atoms with Gasteiger partial charge in [0, 0.05) is 12.1 Å². The number of hydrogen-bond donors (Lipinski definition) is 1. The van der Waals surface area contributed by atoms with Gasteiger partial charge in [0.05, 0.1) is 5.92 Å². The molecule has 86 valence electrons. The van der Waals surface area contributed by atoms with Crippen LogP contribution in [0.5, 0.6) is 0 Å². The van der Waals surface area contributed by atoms with Gasteiger partial charge in [0.15, 0.2) is 5.22 Å². The fraction of sp³-hybridized carbons (Fsp3) is 0.154. The minimum Gasteiger partial charge on any atom is -0.449 e. The standard InChI is InChI=1S/C13H10ClNO2/c14-12-6-5-11(17-12)9-7-13(16)15-10-4-2-1-3-8(9)10/h1-6,9H,7H2,(H,15,16). The summed E-state index contributed by atoms with van der Waals surface area (Å²) in [6.45, 7) is 0. The van der Waals surface area contributed by atoms with Crippen molar-refractivity contribution >= 4 is 23.2 Å². The molecule has 1 unspecified atom stereocenters. The number of para-hydroxylation sites is 1. The normalized spacial score (nSPS) is 18.6. The maximum absolute atomic E-state index is 11.6. The highest BCUT2D eigenvalue weighted by atomic mass is 35.5. The van der Waals surface area contributed by atoms with Crippen molar-refractivity contribution in [3.05, 3.63) is 52.9 Å². The number of halogens is 1. The zero-order valence-corrected chi connectivity index (χ0v) is 9.70. The molecule has 1 amide bonds. The topological polar surface area (TPSA) is 42.2 Å². The Hall–Kier alpha value is -1.74. The van der Waals surface area contributed by atoms with Gasteiger partial charge in [0.1, 0.15) is 5.76 Å². The Morgan fingerprint density at radius 3 is 2.82 bits per heavy atom. The SMILES string of the molecule is O=C1CC(c2ccc(Cl)o2)c2ccccc2N1. The number of anilines is 1. The molecule has 1 aromatic carbocycles. The van der Waals surface area contributed by atoms with Crippen LogP contribution < -0.4 is 5.32 Å². The van der Waals surface area contributed by atoms with E-state index in [-0.39, 0.29) is 11.8 Å². The molecule has 1 atom stereocenters. The Bertz CT molecular complexity index is 576. The highest BCUT2D eigenvalue weighted by molar-refractivity contribution is 6.28. The van der Waals surface area contributed by atoms with Crippen LogP contribution in [-0.2, 0) is 4.79 Å². The molecule has 1 N–H and O–H groups in total. The molecular formula is C13H10ClNO2. The molecule has 1 aliphatic heterocycles. The first-order valence-corrected chi connectivity index (χ1v) is 5.76. The largest absolute Gasteiger partial charge is 0.449 e. The van der Waals surface area contributed by atoms with Crippen LogP contribution in [0.1, 0.15) is 23.7 Å². The molecule has 1 aromatic heterocycles. The Labute approximate surface area is 103 Å². The van der Waals surface area contributed by atoms with Gasteiger partial charge in [-0.2, -0.15) is 0 Å². The van der Waals surface area contributed by atoms with Crippen molar-refractivity contribution < 1.29 is 9.21 Å². The average Bonchev–Trinajstić information content (AvgIpc) is 2.74. The summed E-state index contributed by atoms with van der Waals surface area (Å²) in [5.41, 5.74) is 1.92. The second kappa shape index (κ2) is 3.93. The van der Waals surface area contributed by atoms with E-state index >= 15 is 0 Å². The first kappa shape index (κ1) is 10.4. The highest BCUT2D eigenvalue weighted by Gasteiger charge is 2.28. The molecule has 0 radical (unpaired) electrons. The molecule has 0 aliphatic carbocycles. The number of carbonyl (C=O) groups excluding carboxylic acids is 1. The first-order valence-electron chi connectivity index (χ1n) is 5.38. The number of hydrogen-bond acceptors (Lipinski definition) is 2. The Kier molecular flexibility index (Phi) is 2.41. The molecule has 4 heteroatoms. The average molecular weight is 248 g/mol. The molecule has 2 heterocycles. The minimum atomic E-state index is -0.0487. The third kappa shape index (κ3) is 1.83. The summed E-state index contributed by atoms with van der Waals surface area (Å²) in [7, 11) is 0. The summed E-state index contributed by atoms with van der Waals surface area (Å²) in [4.78, 5) is 11.6. The van der Waals surface area contributed by atoms with Crippen molar-refractivity contribution in [3.8, 4) is 0 Å². The van der Waals surface area contributed by atoms with E-state index in [0.717, 1.165) is 17.0 Å². The number of carbonyl (C=O) groups is 1. The van der Waals surface area contributed by atoms with E-state index in [4.69, 9.17) is 16.0 Å². The van der Waals surface area contributed by atoms with Gasteiger partial charge >= 0.3 is 0 Å². The van der Waals surface area contributed by atoms with E-state index in [1.165, 1.54) is 0 Å². The lowest BCUT2D eigenvalue weighted by atomic mass is 9.89. The highest BCUT2D eigenvalue weighted by Crippen LogP contribution is 2.37. The summed E-state index contributed by atoms with van der Waals surface area (Å²) in [5, 5.41) is 3.20. The third-order valence-corrected chi connectivity index (χ3v) is 3.14. The van der Waals surface area contributed by atoms with Crippen LogP contribution in [0.15, 0.2) is 40.8 Å². The van der Waals surface area contributed by atoms with Crippen molar-refractivity contribution in [2.24, 2.45) is 0 Å². The summed E-state index contributed by atoms with van der Waals surface area (Å²) < 4.78 is 5.41. The quantitative estimate of drug-likeness (QED) is 0.839. The third-order valence-electron chi connectivity index (χ3n) is 2.94. The molecule has 1 aliphatic rings. The van der Waals surface area contributed by atoms with Gasteiger partial charge in [0.25, 0.3) is 0 Å². The number of nitrogens with one attached hydrogen (secondary N) is 1. The monoisotopic (exact) mass is 247 g/mol. The van der Waals surface area contributed by atoms with Gasteiger partial charge in [-0.25, -0.2) is 0 Å². The van der Waals surface area contributed by atoms with E-state index in [1.807, 2.05) is 30.3 Å². The van der Waals surface area contributed by atoms with Crippen LogP contribution in [0.4, 0.5) is 5.69 Å². The molecule has 0 fully saturated rings. The zero-order chi connectivity index (χ0) is 11.8. The molecular weight excluding hydrogens is 238 g/mol. The van der Waals surface area contributed by atoms with E-state index < -0.39 is 0 Å². The number of amides is 1. The van der Waals surface area contributed by atoms with Crippen LogP contribution in [0.25, 0.3) is 0 Å². The summed E-state index contributed by atoms with van der Waals surface area (Å²) >= 11 is 5.78. The van der Waals surface area contributed by atoms with Gasteiger partial charge in [-0.1, -0.05) is 18.2 Å². The Balaban J connectivity index is 2.09. The van der Waals surface area contributed by atoms with Gasteiger partial charge in [-0.15, -0.1) is 0 Å². The van der Waals surface area contributed by atoms with Gasteiger partial charge in [-0.05, 0) is 35.4 Å². The summed E-state index contributed by atoms with van der Waals surface area (Å²) in [6.07, 6.45) is 0.390. The molecule has 0 bridgehead atoms. The number of furan rings is 1. The van der Waals surface area contributed by atoms with Crippen LogP contribution in [0, 0.1) is 0 Å². The van der Waals surface area contributed by atoms with Crippen molar-refractivity contribution in [3.63, 3.8) is 0 Å². The zero-order valence-electron chi connectivity index (χ0n) is 8.94. The fourth-order valence-corrected chi connectivity index (χ4v) is 2.33. The predicted octanol–water partition coefficient (Wildman–Crippen LogP) is 3.41. The minimum absolute atomic E-state index is 0.00113. The molecule has 0 saturated carbocycles. The van der Waals surface area contributed by atoms with Crippen LogP contribution in [0.3, 0.4) is 0 Å². The van der Waals surface area contributed by atoms with Crippen molar-refractivity contribution in [1.82, 2.24) is 0 Å². The second-order valence-electron chi connectivity index (χ2n) is 4.03. The lowest BCUT2D eigenvalue weighted by Crippen LogP contribution is -2.23. The van der Waals surface area contributed by atoms with Crippen LogP contribution in [0.2, 0.25) is 5.22 Å². The maximum Gasteiger partial charge on any atom is 0.225 e. The lowest BCUT2D eigenvalue weighted by Gasteiger charge is -2.23. The van der Waals surface area contributed by atoms with Crippen molar-refractivity contribution in [2.45, 2.75) is 12.3 Å². The number of fused-ring (bicyclic) bond motifs is 1. The van der Waals surface area contributed by atoms with Gasteiger partial charge in [0.2, 0.25) is 5.91 Å². The molecule has 17 heavy (non-hydrogen) atoms. The Morgan fingerprint density at radius 1 is 1.24 bits per heavy atom. The fourth-order valence-electron chi connectivity index (χ4n) is 2.18.